The maximum absolute atomic E-state index is 13.2. The van der Waals surface area contributed by atoms with E-state index < -0.39 is 11.7 Å². The summed E-state index contributed by atoms with van der Waals surface area (Å²) in [6, 6.07) is 3.89. The number of alkyl halides is 3. The molecule has 0 aromatic heterocycles. The van der Waals surface area contributed by atoms with Crippen molar-refractivity contribution >= 4 is 17.3 Å². The number of benzene rings is 1. The summed E-state index contributed by atoms with van der Waals surface area (Å²) in [5.74, 6) is 1.60. The zero-order valence-corrected chi connectivity index (χ0v) is 16.2. The van der Waals surface area contributed by atoms with Gasteiger partial charge in [0.15, 0.2) is 0 Å². The van der Waals surface area contributed by atoms with Gasteiger partial charge in [-0.2, -0.15) is 13.2 Å². The van der Waals surface area contributed by atoms with Gasteiger partial charge in [-0.05, 0) is 68.1 Å². The van der Waals surface area contributed by atoms with Crippen molar-refractivity contribution in [1.82, 2.24) is 0 Å². The van der Waals surface area contributed by atoms with Crippen LogP contribution < -0.4 is 10.6 Å². The molecule has 1 amide bonds. The Balaban J connectivity index is 1.47. The van der Waals surface area contributed by atoms with Crippen LogP contribution in [0.5, 0.6) is 0 Å². The first-order valence-electron chi connectivity index (χ1n) is 10.7. The molecule has 0 spiro atoms. The normalized spacial score (nSPS) is 27.8. The second kappa shape index (κ2) is 7.96. The van der Waals surface area contributed by atoms with Crippen LogP contribution in [0.4, 0.5) is 24.5 Å². The van der Waals surface area contributed by atoms with E-state index in [1.807, 2.05) is 0 Å². The van der Waals surface area contributed by atoms with Crippen molar-refractivity contribution in [2.75, 3.05) is 10.6 Å². The highest BCUT2D eigenvalue weighted by atomic mass is 19.4. The summed E-state index contributed by atoms with van der Waals surface area (Å²) in [6.07, 6.45) is 6.26. The van der Waals surface area contributed by atoms with Gasteiger partial charge in [0.05, 0.1) is 16.9 Å². The monoisotopic (exact) mass is 394 g/mol. The molecule has 154 valence electrons. The number of carbonyl (C=O) groups is 1. The van der Waals surface area contributed by atoms with E-state index >= 15 is 0 Å². The summed E-state index contributed by atoms with van der Waals surface area (Å²) < 4.78 is 39.6. The van der Waals surface area contributed by atoms with Crippen LogP contribution >= 0.6 is 0 Å². The van der Waals surface area contributed by atoms with Gasteiger partial charge < -0.3 is 10.6 Å². The van der Waals surface area contributed by atoms with Crippen LogP contribution in [0.25, 0.3) is 0 Å². The van der Waals surface area contributed by atoms with E-state index in [1.165, 1.54) is 31.7 Å². The lowest BCUT2D eigenvalue weighted by molar-refractivity contribution is -0.137. The third kappa shape index (κ3) is 4.47. The van der Waals surface area contributed by atoms with E-state index in [1.54, 1.807) is 0 Å². The van der Waals surface area contributed by atoms with Gasteiger partial charge in [0, 0.05) is 12.5 Å². The van der Waals surface area contributed by atoms with Crippen molar-refractivity contribution < 1.29 is 18.0 Å². The van der Waals surface area contributed by atoms with Gasteiger partial charge >= 0.3 is 6.18 Å². The number of amides is 1. The summed E-state index contributed by atoms with van der Waals surface area (Å²) >= 11 is 0. The number of hydrogen-bond donors (Lipinski definition) is 2. The van der Waals surface area contributed by atoms with Crippen molar-refractivity contribution in [3.05, 3.63) is 23.8 Å². The van der Waals surface area contributed by atoms with Crippen LogP contribution in [0.3, 0.4) is 0 Å². The van der Waals surface area contributed by atoms with Gasteiger partial charge in [-0.25, -0.2) is 0 Å². The van der Waals surface area contributed by atoms with E-state index in [-0.39, 0.29) is 17.6 Å². The number of nitrogens with one attached hydrogen (secondary N) is 2. The highest BCUT2D eigenvalue weighted by molar-refractivity contribution is 5.94. The Morgan fingerprint density at radius 3 is 2.43 bits per heavy atom. The highest BCUT2D eigenvalue weighted by Crippen LogP contribution is 2.49. The van der Waals surface area contributed by atoms with Crippen LogP contribution in [0, 0.1) is 17.8 Å². The van der Waals surface area contributed by atoms with E-state index in [9.17, 15) is 18.0 Å². The van der Waals surface area contributed by atoms with Crippen molar-refractivity contribution in [3.63, 3.8) is 0 Å². The fraction of sp³-hybridized carbons (Fsp3) is 0.682. The minimum Gasteiger partial charge on any atom is -0.381 e. The third-order valence-electron chi connectivity index (χ3n) is 6.92. The molecule has 2 bridgehead atoms. The smallest absolute Gasteiger partial charge is 0.381 e. The molecule has 3 aliphatic carbocycles. The number of anilines is 2. The Morgan fingerprint density at radius 2 is 1.79 bits per heavy atom. The minimum absolute atomic E-state index is 0.163. The van der Waals surface area contributed by atoms with Crippen LogP contribution in [-0.4, -0.2) is 11.9 Å². The molecule has 4 rings (SSSR count). The number of hydrogen-bond acceptors (Lipinski definition) is 2. The zero-order chi connectivity index (χ0) is 19.7. The molecule has 28 heavy (non-hydrogen) atoms. The molecular formula is C22H29F3N2O. The summed E-state index contributed by atoms with van der Waals surface area (Å²) in [4.78, 5) is 12.6. The lowest BCUT2D eigenvalue weighted by atomic mass is 9.86. The summed E-state index contributed by atoms with van der Waals surface area (Å²) in [7, 11) is 0. The second-order valence-electron chi connectivity index (χ2n) is 8.92. The van der Waals surface area contributed by atoms with Gasteiger partial charge in [0.2, 0.25) is 5.91 Å². The lowest BCUT2D eigenvalue weighted by Crippen LogP contribution is -2.25. The van der Waals surface area contributed by atoms with E-state index in [0.717, 1.165) is 50.2 Å². The number of carbonyl (C=O) groups excluding carboxylic acids is 1. The van der Waals surface area contributed by atoms with Crippen molar-refractivity contribution in [2.45, 2.75) is 76.4 Å². The van der Waals surface area contributed by atoms with E-state index in [0.29, 0.717) is 23.9 Å². The SMILES string of the molecule is O=C(C[C@@H]1C[C@H]2CC[C@H]1C2)Nc1cc(C(F)(F)F)ccc1NC1CCCCC1. The topological polar surface area (TPSA) is 41.1 Å². The van der Waals surface area contributed by atoms with Crippen LogP contribution in [0.15, 0.2) is 18.2 Å². The molecule has 1 aromatic rings. The number of halogens is 3. The van der Waals surface area contributed by atoms with Gasteiger partial charge in [-0.1, -0.05) is 25.7 Å². The quantitative estimate of drug-likeness (QED) is 0.623. The van der Waals surface area contributed by atoms with Gasteiger partial charge in [-0.15, -0.1) is 0 Å². The van der Waals surface area contributed by atoms with Gasteiger partial charge in [-0.3, -0.25) is 4.79 Å². The van der Waals surface area contributed by atoms with Gasteiger partial charge in [0.1, 0.15) is 0 Å². The molecule has 6 heteroatoms. The zero-order valence-electron chi connectivity index (χ0n) is 16.2. The van der Waals surface area contributed by atoms with Gasteiger partial charge in [0.25, 0.3) is 0 Å². The Labute approximate surface area is 164 Å². The molecule has 3 atom stereocenters. The molecular weight excluding hydrogens is 365 g/mol. The molecule has 0 radical (unpaired) electrons. The van der Waals surface area contributed by atoms with E-state index in [2.05, 4.69) is 10.6 Å². The number of rotatable bonds is 5. The maximum Gasteiger partial charge on any atom is 0.416 e. The fourth-order valence-electron chi connectivity index (χ4n) is 5.48. The Bertz CT molecular complexity index is 712. The Morgan fingerprint density at radius 1 is 1.00 bits per heavy atom. The Hall–Kier alpha value is -1.72. The first-order valence-corrected chi connectivity index (χ1v) is 10.7. The molecule has 0 saturated heterocycles. The molecule has 1 aromatic carbocycles. The maximum atomic E-state index is 13.2. The predicted octanol–water partition coefficient (Wildman–Crippen LogP) is 6.21. The molecule has 3 saturated carbocycles. The molecule has 0 aliphatic heterocycles. The molecule has 3 fully saturated rings. The standard InChI is InChI=1S/C22H29F3N2O/c23-22(24,25)17-8-9-19(26-18-4-2-1-3-5-18)20(13-17)27-21(28)12-16-11-14-6-7-15(16)10-14/h8-9,13-16,18,26H,1-7,10-12H2,(H,27,28)/t14-,15-,16-/m0/s1. The minimum atomic E-state index is -4.42. The van der Waals surface area contributed by atoms with Crippen LogP contribution in [0.1, 0.15) is 69.8 Å². The lowest BCUT2D eigenvalue weighted by Gasteiger charge is -2.26. The summed E-state index contributed by atoms with van der Waals surface area (Å²) in [6.45, 7) is 0. The number of fused-ring (bicyclic) bond motifs is 2. The van der Waals surface area contributed by atoms with E-state index in [4.69, 9.17) is 0 Å². The largest absolute Gasteiger partial charge is 0.416 e. The summed E-state index contributed by atoms with van der Waals surface area (Å²) in [5, 5.41) is 6.17. The highest BCUT2D eigenvalue weighted by Gasteiger charge is 2.40. The molecule has 0 unspecified atom stereocenters. The summed E-state index contributed by atoms with van der Waals surface area (Å²) in [5.41, 5.74) is 0.131. The average Bonchev–Trinajstić information content (AvgIpc) is 3.26. The molecule has 0 heterocycles. The van der Waals surface area contributed by atoms with Crippen LogP contribution in [-0.2, 0) is 11.0 Å². The Kier molecular flexibility index (Phi) is 5.57. The average molecular weight is 394 g/mol. The fourth-order valence-corrected chi connectivity index (χ4v) is 5.48. The molecule has 3 nitrogen and oxygen atoms in total. The first-order chi connectivity index (χ1) is 13.4. The predicted molar refractivity (Wildman–Crippen MR) is 104 cm³/mol. The van der Waals surface area contributed by atoms with Crippen molar-refractivity contribution in [2.24, 2.45) is 17.8 Å². The molecule has 2 N–H and O–H groups in total. The third-order valence-corrected chi connectivity index (χ3v) is 6.92. The molecule has 3 aliphatic rings. The van der Waals surface area contributed by atoms with Crippen molar-refractivity contribution in [3.8, 4) is 0 Å². The van der Waals surface area contributed by atoms with Crippen molar-refractivity contribution in [1.29, 1.82) is 0 Å². The first kappa shape index (κ1) is 19.6. The second-order valence-corrected chi connectivity index (χ2v) is 8.92. The van der Waals surface area contributed by atoms with Crippen LogP contribution in [0.2, 0.25) is 0 Å².